The van der Waals surface area contributed by atoms with Crippen molar-refractivity contribution < 1.29 is 0 Å². The fraction of sp³-hybridized carbons (Fsp3) is 0.727. The summed E-state index contributed by atoms with van der Waals surface area (Å²) in [6.45, 7) is 1.96. The van der Waals surface area contributed by atoms with Gasteiger partial charge in [0.25, 0.3) is 5.56 Å². The van der Waals surface area contributed by atoms with Crippen LogP contribution in [0.5, 0.6) is 0 Å². The highest BCUT2D eigenvalue weighted by Crippen LogP contribution is 2.19. The van der Waals surface area contributed by atoms with Crippen molar-refractivity contribution in [2.24, 2.45) is 0 Å². The molecule has 0 amide bonds. The first-order chi connectivity index (χ1) is 7.36. The van der Waals surface area contributed by atoms with E-state index >= 15 is 0 Å². The number of rotatable bonds is 1. The second-order valence-electron chi connectivity index (χ2n) is 4.60. The van der Waals surface area contributed by atoms with Crippen LogP contribution in [0.15, 0.2) is 4.79 Å². The highest BCUT2D eigenvalue weighted by Gasteiger charge is 2.23. The molecule has 4 heteroatoms. The van der Waals surface area contributed by atoms with Crippen LogP contribution in [0, 0.1) is 0 Å². The van der Waals surface area contributed by atoms with Crippen LogP contribution in [-0.4, -0.2) is 22.9 Å². The Hall–Kier alpha value is -1.03. The Bertz CT molecular complexity index is 412. The van der Waals surface area contributed by atoms with Crippen molar-refractivity contribution in [1.82, 2.24) is 15.1 Å². The van der Waals surface area contributed by atoms with Crippen LogP contribution < -0.4 is 10.9 Å². The van der Waals surface area contributed by atoms with Gasteiger partial charge < -0.3 is 5.32 Å². The van der Waals surface area contributed by atoms with Crippen LogP contribution in [-0.2, 0) is 12.8 Å². The molecule has 0 saturated carbocycles. The van der Waals surface area contributed by atoms with E-state index in [4.69, 9.17) is 0 Å². The summed E-state index contributed by atoms with van der Waals surface area (Å²) in [4.78, 5) is 12.1. The summed E-state index contributed by atoms with van der Waals surface area (Å²) in [6.07, 6.45) is 5.48. The number of fused-ring (bicyclic) bond motifs is 1. The molecule has 0 bridgehead atoms. The van der Waals surface area contributed by atoms with Crippen LogP contribution in [0.1, 0.15) is 36.6 Å². The highest BCUT2D eigenvalue weighted by molar-refractivity contribution is 5.20. The molecular weight excluding hydrogens is 190 g/mol. The van der Waals surface area contributed by atoms with Gasteiger partial charge in [-0.25, -0.2) is 4.68 Å². The molecule has 3 rings (SSSR count). The smallest absolute Gasteiger partial charge is 0.270 e. The van der Waals surface area contributed by atoms with Crippen molar-refractivity contribution in [3.05, 3.63) is 21.6 Å². The topological polar surface area (TPSA) is 49.8 Å². The lowest BCUT2D eigenvalue weighted by Gasteiger charge is -2.09. The first kappa shape index (κ1) is 9.21. The number of aromatic amines is 1. The molecule has 2 aliphatic rings. The van der Waals surface area contributed by atoms with Crippen LogP contribution >= 0.6 is 0 Å². The average molecular weight is 207 g/mol. The lowest BCUT2D eigenvalue weighted by atomic mass is 9.98. The molecular formula is C11H17N3O. The van der Waals surface area contributed by atoms with Crippen molar-refractivity contribution in [2.45, 2.75) is 38.1 Å². The Kier molecular flexibility index (Phi) is 2.16. The molecule has 1 aromatic rings. The van der Waals surface area contributed by atoms with E-state index in [-0.39, 0.29) is 5.56 Å². The Morgan fingerprint density at radius 2 is 2.13 bits per heavy atom. The number of nitrogens with zero attached hydrogens (tertiary/aromatic N) is 1. The van der Waals surface area contributed by atoms with Crippen molar-refractivity contribution in [3.63, 3.8) is 0 Å². The number of H-pyrrole nitrogens is 1. The molecule has 2 heterocycles. The SMILES string of the molecule is O=c1c2c([nH]n1C1CCNC1)CCCC2. The third-order valence-electron chi connectivity index (χ3n) is 3.60. The molecule has 1 fully saturated rings. The molecule has 1 aromatic heterocycles. The van der Waals surface area contributed by atoms with E-state index in [0.29, 0.717) is 6.04 Å². The Morgan fingerprint density at radius 3 is 2.87 bits per heavy atom. The third-order valence-corrected chi connectivity index (χ3v) is 3.60. The summed E-state index contributed by atoms with van der Waals surface area (Å²) in [5.74, 6) is 0. The number of nitrogens with one attached hydrogen (secondary N) is 2. The maximum atomic E-state index is 12.1. The van der Waals surface area contributed by atoms with Crippen molar-refractivity contribution in [2.75, 3.05) is 13.1 Å². The molecule has 0 radical (unpaired) electrons. The molecule has 1 atom stereocenters. The predicted molar refractivity (Wildman–Crippen MR) is 58.2 cm³/mol. The predicted octanol–water partition coefficient (Wildman–Crippen LogP) is 0.590. The Labute approximate surface area is 88.7 Å². The maximum absolute atomic E-state index is 12.1. The zero-order chi connectivity index (χ0) is 10.3. The van der Waals surface area contributed by atoms with E-state index in [1.165, 1.54) is 18.5 Å². The average Bonchev–Trinajstić information content (AvgIpc) is 2.87. The van der Waals surface area contributed by atoms with Crippen LogP contribution in [0.4, 0.5) is 0 Å². The summed E-state index contributed by atoms with van der Waals surface area (Å²) < 4.78 is 1.86. The number of hydrogen-bond acceptors (Lipinski definition) is 2. The summed E-state index contributed by atoms with van der Waals surface area (Å²) in [5, 5.41) is 6.61. The van der Waals surface area contributed by atoms with E-state index in [2.05, 4.69) is 10.4 Å². The van der Waals surface area contributed by atoms with E-state index in [0.717, 1.165) is 37.9 Å². The molecule has 1 aliphatic carbocycles. The molecule has 82 valence electrons. The van der Waals surface area contributed by atoms with Crippen molar-refractivity contribution >= 4 is 0 Å². The molecule has 0 spiro atoms. The third kappa shape index (κ3) is 1.44. The van der Waals surface area contributed by atoms with Gasteiger partial charge in [0.1, 0.15) is 0 Å². The minimum absolute atomic E-state index is 0.235. The van der Waals surface area contributed by atoms with Gasteiger partial charge in [-0.05, 0) is 38.6 Å². The van der Waals surface area contributed by atoms with Gasteiger partial charge in [0.2, 0.25) is 0 Å². The number of aryl methyl sites for hydroxylation is 1. The van der Waals surface area contributed by atoms with Crippen LogP contribution in [0.3, 0.4) is 0 Å². The van der Waals surface area contributed by atoms with Crippen molar-refractivity contribution in [1.29, 1.82) is 0 Å². The van der Waals surface area contributed by atoms with E-state index < -0.39 is 0 Å². The minimum atomic E-state index is 0.235. The summed E-state index contributed by atoms with van der Waals surface area (Å²) in [5.41, 5.74) is 2.48. The highest BCUT2D eigenvalue weighted by atomic mass is 16.1. The van der Waals surface area contributed by atoms with Gasteiger partial charge in [-0.15, -0.1) is 0 Å². The summed E-state index contributed by atoms with van der Waals surface area (Å²) in [7, 11) is 0. The molecule has 1 aliphatic heterocycles. The molecule has 1 saturated heterocycles. The van der Waals surface area contributed by atoms with Gasteiger partial charge in [0.15, 0.2) is 0 Å². The van der Waals surface area contributed by atoms with Gasteiger partial charge in [0.05, 0.1) is 6.04 Å². The van der Waals surface area contributed by atoms with Gasteiger partial charge >= 0.3 is 0 Å². The standard InChI is InChI=1S/C11H17N3O/c15-11-9-3-1-2-4-10(9)13-14(11)8-5-6-12-7-8/h8,12-13H,1-7H2. The largest absolute Gasteiger partial charge is 0.315 e. The minimum Gasteiger partial charge on any atom is -0.315 e. The fourth-order valence-electron chi connectivity index (χ4n) is 2.72. The Balaban J connectivity index is 2.01. The monoisotopic (exact) mass is 207 g/mol. The molecule has 4 nitrogen and oxygen atoms in total. The van der Waals surface area contributed by atoms with Gasteiger partial charge in [-0.2, -0.15) is 0 Å². The van der Waals surface area contributed by atoms with Crippen molar-refractivity contribution in [3.8, 4) is 0 Å². The quantitative estimate of drug-likeness (QED) is 0.708. The lowest BCUT2D eigenvalue weighted by molar-refractivity contribution is 0.473. The molecule has 2 N–H and O–H groups in total. The van der Waals surface area contributed by atoms with Gasteiger partial charge in [0, 0.05) is 17.8 Å². The van der Waals surface area contributed by atoms with E-state index in [1.807, 2.05) is 4.68 Å². The second kappa shape index (κ2) is 3.52. The molecule has 15 heavy (non-hydrogen) atoms. The van der Waals surface area contributed by atoms with Gasteiger partial charge in [-0.1, -0.05) is 0 Å². The second-order valence-corrected chi connectivity index (χ2v) is 4.60. The van der Waals surface area contributed by atoms with Gasteiger partial charge in [-0.3, -0.25) is 9.89 Å². The van der Waals surface area contributed by atoms with E-state index in [9.17, 15) is 4.79 Å². The lowest BCUT2D eigenvalue weighted by Crippen LogP contribution is -2.25. The first-order valence-electron chi connectivity index (χ1n) is 5.89. The maximum Gasteiger partial charge on any atom is 0.270 e. The van der Waals surface area contributed by atoms with Crippen LogP contribution in [0.2, 0.25) is 0 Å². The normalized spacial score (nSPS) is 25.5. The zero-order valence-corrected chi connectivity index (χ0v) is 8.88. The number of hydrogen-bond donors (Lipinski definition) is 2. The number of aromatic nitrogens is 2. The summed E-state index contributed by atoms with van der Waals surface area (Å²) in [6, 6.07) is 0.350. The zero-order valence-electron chi connectivity index (χ0n) is 8.88. The van der Waals surface area contributed by atoms with E-state index in [1.54, 1.807) is 0 Å². The fourth-order valence-corrected chi connectivity index (χ4v) is 2.72. The summed E-state index contributed by atoms with van der Waals surface area (Å²) >= 11 is 0. The molecule has 0 aromatic carbocycles. The van der Waals surface area contributed by atoms with Crippen LogP contribution in [0.25, 0.3) is 0 Å². The molecule has 1 unspecified atom stereocenters. The Morgan fingerprint density at radius 1 is 1.27 bits per heavy atom. The first-order valence-corrected chi connectivity index (χ1v) is 5.89.